The van der Waals surface area contributed by atoms with E-state index in [1.165, 1.54) is 46.9 Å². The fourth-order valence-corrected chi connectivity index (χ4v) is 3.96. The summed E-state index contributed by atoms with van der Waals surface area (Å²) >= 11 is 0. The van der Waals surface area contributed by atoms with Gasteiger partial charge < -0.3 is 0 Å². The zero-order valence-electron chi connectivity index (χ0n) is 21.1. The fourth-order valence-electron chi connectivity index (χ4n) is 3.96. The van der Waals surface area contributed by atoms with Crippen molar-refractivity contribution in [2.24, 2.45) is 11.8 Å². The van der Waals surface area contributed by atoms with E-state index in [-0.39, 0.29) is 37.7 Å². The van der Waals surface area contributed by atoms with Crippen molar-refractivity contribution in [2.45, 2.75) is 53.4 Å². The average Bonchev–Trinajstić information content (AvgIpc) is 2.81. The van der Waals surface area contributed by atoms with Gasteiger partial charge in [0.25, 0.3) is 0 Å². The van der Waals surface area contributed by atoms with Crippen molar-refractivity contribution in [1.29, 1.82) is 0 Å². The first-order chi connectivity index (χ1) is 14.6. The van der Waals surface area contributed by atoms with Gasteiger partial charge in [0, 0.05) is 0 Å². The van der Waals surface area contributed by atoms with Crippen molar-refractivity contribution < 1.29 is 37.7 Å². The minimum absolute atomic E-state index is 0. The molecule has 0 aromatic heterocycles. The third-order valence-corrected chi connectivity index (χ3v) is 6.30. The van der Waals surface area contributed by atoms with Gasteiger partial charge in [-0.2, -0.15) is 0 Å². The van der Waals surface area contributed by atoms with Crippen molar-refractivity contribution in [3.63, 3.8) is 0 Å². The summed E-state index contributed by atoms with van der Waals surface area (Å²) in [5.41, 5.74) is 5.41. The summed E-state index contributed by atoms with van der Waals surface area (Å²) in [7, 11) is 0. The van der Waals surface area contributed by atoms with Gasteiger partial charge in [-0.05, 0) is 11.8 Å². The summed E-state index contributed by atoms with van der Waals surface area (Å²) in [5.74, 6) is 4.26. The van der Waals surface area contributed by atoms with Gasteiger partial charge in [-0.25, -0.2) is 0 Å². The molecule has 2 heteroatoms. The van der Waals surface area contributed by atoms with E-state index in [1.54, 1.807) is 0 Å². The molecule has 2 unspecified atom stereocenters. The van der Waals surface area contributed by atoms with Crippen LogP contribution in [-0.4, -0.2) is 0 Å². The average molecular weight is 411 g/mol. The summed E-state index contributed by atoms with van der Waals surface area (Å²) in [6.07, 6.45) is 4.61. The van der Waals surface area contributed by atoms with E-state index in [2.05, 4.69) is 113 Å². The van der Waals surface area contributed by atoms with E-state index in [4.69, 9.17) is 0 Å². The molecule has 0 saturated heterocycles. The van der Waals surface area contributed by atoms with Crippen LogP contribution in [0.2, 0.25) is 0 Å². The molecule has 0 aliphatic heterocycles. The van der Waals surface area contributed by atoms with E-state index >= 15 is 0 Å². The molecule has 0 fully saturated rings. The third-order valence-electron chi connectivity index (χ3n) is 6.30. The first-order valence-corrected chi connectivity index (χ1v) is 11.6. The third kappa shape index (κ3) is 7.87. The molecule has 0 radical (unpaired) electrons. The number of hydrogen-bond acceptors (Lipinski definition) is 0. The molecule has 3 rings (SSSR count). The Hall–Kier alpha value is -1.41. The van der Waals surface area contributed by atoms with Gasteiger partial charge in [-0.3, -0.25) is 0 Å². The van der Waals surface area contributed by atoms with Gasteiger partial charge in [0.05, 0.1) is 0 Å². The SMILES string of the molecule is CCC(C)C[C-](c1ccccc1)c1cccc([C-](CC(C)CC)c2ccccc2)c1.[Li+].[Li+]. The minimum Gasteiger partial charge on any atom is -0.129 e. The van der Waals surface area contributed by atoms with Crippen molar-refractivity contribution in [3.05, 3.63) is 119 Å². The molecule has 0 saturated carbocycles. The maximum atomic E-state index is 2.43. The van der Waals surface area contributed by atoms with Crippen LogP contribution < -0.4 is 37.7 Å². The van der Waals surface area contributed by atoms with E-state index in [1.807, 2.05) is 0 Å². The summed E-state index contributed by atoms with van der Waals surface area (Å²) in [5, 5.41) is 0. The predicted octanol–water partition coefficient (Wildman–Crippen LogP) is 2.51. The normalized spacial score (nSPS) is 12.1. The summed E-state index contributed by atoms with van der Waals surface area (Å²) in [6, 6.07) is 31.1. The van der Waals surface area contributed by atoms with Crippen LogP contribution in [0.5, 0.6) is 0 Å². The van der Waals surface area contributed by atoms with Gasteiger partial charge in [-0.15, -0.1) is 82.6 Å². The molecular formula is C30H36Li2. The first kappa shape index (κ1) is 28.6. The van der Waals surface area contributed by atoms with Gasteiger partial charge in [0.2, 0.25) is 0 Å². The van der Waals surface area contributed by atoms with E-state index in [9.17, 15) is 0 Å². The second-order valence-corrected chi connectivity index (χ2v) is 8.71. The zero-order chi connectivity index (χ0) is 21.3. The van der Waals surface area contributed by atoms with Crippen LogP contribution in [0.25, 0.3) is 0 Å². The van der Waals surface area contributed by atoms with Gasteiger partial charge in [0.15, 0.2) is 0 Å². The number of hydrogen-bond donors (Lipinski definition) is 0. The molecule has 0 bridgehead atoms. The molecular weight excluding hydrogens is 374 g/mol. The number of rotatable bonds is 10. The molecule has 0 N–H and O–H groups in total. The Balaban J connectivity index is 0.00000256. The molecule has 2 atom stereocenters. The maximum Gasteiger partial charge on any atom is 1.00 e. The second-order valence-electron chi connectivity index (χ2n) is 8.71. The summed E-state index contributed by atoms with van der Waals surface area (Å²) in [4.78, 5) is 0. The van der Waals surface area contributed by atoms with Crippen molar-refractivity contribution in [3.8, 4) is 0 Å². The molecule has 0 nitrogen and oxygen atoms in total. The Labute approximate surface area is 221 Å². The van der Waals surface area contributed by atoms with Crippen molar-refractivity contribution in [2.75, 3.05) is 0 Å². The molecule has 0 heterocycles. The van der Waals surface area contributed by atoms with Gasteiger partial charge in [0.1, 0.15) is 0 Å². The predicted molar refractivity (Wildman–Crippen MR) is 130 cm³/mol. The fraction of sp³-hybridized carbons (Fsp3) is 0.333. The number of benzene rings is 3. The standard InChI is InChI=1S/C30H36.2Li/c1-5-23(3)20-29(25-14-9-7-10-15-25)27-18-13-19-28(22-27)30(21-24(4)6-2)26-16-11-8-12-17-26;;/h7-19,22-24H,5-6,20-21H2,1-4H3;;/q-2;2*+1. The largest absolute Gasteiger partial charge is 1.00 e. The van der Waals surface area contributed by atoms with Crippen LogP contribution in [0.15, 0.2) is 84.9 Å². The van der Waals surface area contributed by atoms with Crippen molar-refractivity contribution >= 4 is 0 Å². The molecule has 0 aliphatic carbocycles. The molecule has 0 aliphatic rings. The van der Waals surface area contributed by atoms with Crippen LogP contribution >= 0.6 is 0 Å². The molecule has 0 amide bonds. The van der Waals surface area contributed by atoms with Gasteiger partial charge >= 0.3 is 37.7 Å². The van der Waals surface area contributed by atoms with Crippen LogP contribution in [0.1, 0.15) is 75.6 Å². The Morgan fingerprint density at radius 1 is 0.531 bits per heavy atom. The quantitative estimate of drug-likeness (QED) is 0.356. The minimum atomic E-state index is 0. The first-order valence-electron chi connectivity index (χ1n) is 11.6. The van der Waals surface area contributed by atoms with Crippen molar-refractivity contribution in [1.82, 2.24) is 0 Å². The van der Waals surface area contributed by atoms with Gasteiger partial charge in [-0.1, -0.05) is 89.8 Å². The molecule has 3 aromatic carbocycles. The molecule has 0 spiro atoms. The monoisotopic (exact) mass is 410 g/mol. The Bertz CT molecular complexity index is 805. The molecule has 3 aromatic rings. The second kappa shape index (κ2) is 14.7. The van der Waals surface area contributed by atoms with E-state index in [0.717, 1.165) is 12.8 Å². The van der Waals surface area contributed by atoms with E-state index in [0.29, 0.717) is 11.8 Å². The Morgan fingerprint density at radius 2 is 0.875 bits per heavy atom. The maximum absolute atomic E-state index is 2.43. The zero-order valence-corrected chi connectivity index (χ0v) is 21.1. The summed E-state index contributed by atoms with van der Waals surface area (Å²) in [6.45, 7) is 9.29. The Morgan fingerprint density at radius 3 is 1.22 bits per heavy atom. The molecule has 158 valence electrons. The smallest absolute Gasteiger partial charge is 0.129 e. The van der Waals surface area contributed by atoms with Crippen LogP contribution in [0.3, 0.4) is 0 Å². The topological polar surface area (TPSA) is 0 Å². The van der Waals surface area contributed by atoms with E-state index < -0.39 is 0 Å². The van der Waals surface area contributed by atoms with Crippen LogP contribution in [-0.2, 0) is 0 Å². The summed E-state index contributed by atoms with van der Waals surface area (Å²) < 4.78 is 0. The van der Waals surface area contributed by atoms with Crippen LogP contribution in [0.4, 0.5) is 0 Å². The van der Waals surface area contributed by atoms with Crippen LogP contribution in [0, 0.1) is 23.7 Å². The Kier molecular flexibility index (Phi) is 13.1. The molecule has 32 heavy (non-hydrogen) atoms.